The number of nitrogens with one attached hydrogen (secondary N) is 1. The predicted octanol–water partition coefficient (Wildman–Crippen LogP) is 4.26. The van der Waals surface area contributed by atoms with Crippen LogP contribution in [0.25, 0.3) is 16.5 Å². The fraction of sp³-hybridized carbons (Fsp3) is 0.412. The first kappa shape index (κ1) is 12.4. The van der Waals surface area contributed by atoms with Crippen LogP contribution in [-0.2, 0) is 0 Å². The summed E-state index contributed by atoms with van der Waals surface area (Å²) in [4.78, 5) is 7.41. The van der Waals surface area contributed by atoms with Gasteiger partial charge in [0, 0.05) is 46.3 Å². The van der Waals surface area contributed by atoms with E-state index in [-0.39, 0.29) is 0 Å². The normalized spacial score (nSPS) is 18.9. The molecule has 20 heavy (non-hydrogen) atoms. The van der Waals surface area contributed by atoms with Crippen LogP contribution in [0.15, 0.2) is 29.3 Å². The largest absolute Gasteiger partial charge is 0.377 e. The highest BCUT2D eigenvalue weighted by Crippen LogP contribution is 2.41. The number of fused-ring (bicyclic) bond motifs is 3. The van der Waals surface area contributed by atoms with Crippen molar-refractivity contribution in [3.05, 3.63) is 35.7 Å². The third kappa shape index (κ3) is 1.80. The molecular weight excluding hydrogens is 264 g/mol. The maximum absolute atomic E-state index is 3.57. The van der Waals surface area contributed by atoms with Crippen LogP contribution in [0.3, 0.4) is 0 Å². The molecule has 1 N–H and O–H groups in total. The van der Waals surface area contributed by atoms with Crippen molar-refractivity contribution < 1.29 is 0 Å². The molecule has 1 fully saturated rings. The molecule has 1 saturated heterocycles. The minimum Gasteiger partial charge on any atom is -0.377 e. The van der Waals surface area contributed by atoms with Crippen molar-refractivity contribution in [2.45, 2.75) is 24.7 Å². The van der Waals surface area contributed by atoms with Gasteiger partial charge in [-0.2, -0.15) is 0 Å². The summed E-state index contributed by atoms with van der Waals surface area (Å²) in [5.41, 5.74) is 5.61. The first-order valence-corrected chi connectivity index (χ1v) is 8.61. The van der Waals surface area contributed by atoms with Gasteiger partial charge in [-0.15, -0.1) is 11.8 Å². The van der Waals surface area contributed by atoms with Gasteiger partial charge in [0.25, 0.3) is 0 Å². The second-order valence-electron chi connectivity index (χ2n) is 5.93. The number of aromatic amines is 1. The zero-order chi connectivity index (χ0) is 13.7. The Balaban J connectivity index is 1.92. The van der Waals surface area contributed by atoms with Crippen LogP contribution in [0.2, 0.25) is 0 Å². The van der Waals surface area contributed by atoms with E-state index in [0.29, 0.717) is 0 Å². The first-order chi connectivity index (χ1) is 9.76. The van der Waals surface area contributed by atoms with E-state index < -0.39 is 0 Å². The molecule has 1 aromatic carbocycles. The van der Waals surface area contributed by atoms with E-state index in [0.717, 1.165) is 5.92 Å². The average Bonchev–Trinajstić information content (AvgIpc) is 2.83. The van der Waals surface area contributed by atoms with Gasteiger partial charge >= 0.3 is 0 Å². The lowest BCUT2D eigenvalue weighted by molar-refractivity contribution is 0.252. The van der Waals surface area contributed by atoms with Gasteiger partial charge in [-0.1, -0.05) is 0 Å². The molecule has 0 atom stereocenters. The molecule has 2 nitrogen and oxygen atoms in total. The Kier molecular flexibility index (Phi) is 2.84. The second-order valence-corrected chi connectivity index (χ2v) is 6.81. The molecule has 1 aromatic heterocycles. The topological polar surface area (TPSA) is 19.0 Å². The third-order valence-corrected chi connectivity index (χ3v) is 5.50. The number of nitrogens with zero attached hydrogens (tertiary/aromatic N) is 1. The minimum absolute atomic E-state index is 0.760. The average molecular weight is 284 g/mol. The zero-order valence-corrected chi connectivity index (χ0v) is 12.9. The fourth-order valence-corrected chi connectivity index (χ4v) is 4.15. The van der Waals surface area contributed by atoms with Crippen LogP contribution in [0, 0.1) is 12.8 Å². The second kappa shape index (κ2) is 4.59. The van der Waals surface area contributed by atoms with E-state index in [1.807, 2.05) is 11.8 Å². The molecule has 2 bridgehead atoms. The molecule has 0 saturated carbocycles. The Morgan fingerprint density at radius 1 is 1.25 bits per heavy atom. The van der Waals surface area contributed by atoms with Gasteiger partial charge in [-0.05, 0) is 55.7 Å². The molecule has 0 aliphatic carbocycles. The van der Waals surface area contributed by atoms with Gasteiger partial charge in [-0.3, -0.25) is 0 Å². The lowest BCUT2D eigenvalue weighted by Gasteiger charge is -2.39. The fourth-order valence-electron chi connectivity index (χ4n) is 3.72. The molecule has 4 heterocycles. The summed E-state index contributed by atoms with van der Waals surface area (Å²) in [7, 11) is 0. The first-order valence-electron chi connectivity index (χ1n) is 7.38. The molecule has 0 radical (unpaired) electrons. The van der Waals surface area contributed by atoms with Crippen molar-refractivity contribution in [3.63, 3.8) is 0 Å². The van der Waals surface area contributed by atoms with E-state index in [1.165, 1.54) is 53.0 Å². The summed E-state index contributed by atoms with van der Waals surface area (Å²) in [6.45, 7) is 4.70. The number of aromatic nitrogens is 1. The summed E-state index contributed by atoms with van der Waals surface area (Å²) < 4.78 is 0. The van der Waals surface area contributed by atoms with Crippen LogP contribution in [0.4, 0.5) is 0 Å². The minimum atomic E-state index is 0.760. The van der Waals surface area contributed by atoms with E-state index in [4.69, 9.17) is 0 Å². The Bertz CT molecular complexity index is 690. The van der Waals surface area contributed by atoms with E-state index in [9.17, 15) is 0 Å². The molecule has 2 aromatic rings. The molecule has 104 valence electrons. The summed E-state index contributed by atoms with van der Waals surface area (Å²) in [5.74, 6) is 0.760. The number of H-pyrrole nitrogens is 1. The van der Waals surface area contributed by atoms with Gasteiger partial charge in [0.1, 0.15) is 0 Å². The predicted molar refractivity (Wildman–Crippen MR) is 87.1 cm³/mol. The zero-order valence-electron chi connectivity index (χ0n) is 12.1. The molecule has 0 unspecified atom stereocenters. The number of allylic oxidation sites excluding steroid dienone is 1. The number of piperidine rings is 1. The molecular formula is C17H20N2S. The highest BCUT2D eigenvalue weighted by molar-refractivity contribution is 7.98. The van der Waals surface area contributed by atoms with Gasteiger partial charge in [0.2, 0.25) is 0 Å². The number of hydrogen-bond donors (Lipinski definition) is 1. The third-order valence-electron chi connectivity index (χ3n) is 4.77. The van der Waals surface area contributed by atoms with Gasteiger partial charge < -0.3 is 9.88 Å². The lowest BCUT2D eigenvalue weighted by atomic mass is 9.81. The quantitative estimate of drug-likeness (QED) is 0.831. The van der Waals surface area contributed by atoms with Crippen LogP contribution >= 0.6 is 11.8 Å². The van der Waals surface area contributed by atoms with Crippen molar-refractivity contribution in [2.24, 2.45) is 5.92 Å². The number of thioether (sulfide) groups is 1. The van der Waals surface area contributed by atoms with Crippen LogP contribution in [-0.4, -0.2) is 29.2 Å². The molecule has 3 aliphatic rings. The van der Waals surface area contributed by atoms with Gasteiger partial charge in [-0.25, -0.2) is 0 Å². The Hall–Kier alpha value is -1.35. The van der Waals surface area contributed by atoms with E-state index >= 15 is 0 Å². The van der Waals surface area contributed by atoms with Crippen LogP contribution in [0.1, 0.15) is 24.1 Å². The molecule has 0 amide bonds. The highest BCUT2D eigenvalue weighted by atomic mass is 32.2. The Morgan fingerprint density at radius 2 is 2.05 bits per heavy atom. The van der Waals surface area contributed by atoms with Crippen LogP contribution < -0.4 is 0 Å². The van der Waals surface area contributed by atoms with Crippen molar-refractivity contribution in [1.82, 2.24) is 9.88 Å². The Labute approximate surface area is 124 Å². The molecule has 3 aliphatic heterocycles. The highest BCUT2D eigenvalue weighted by Gasteiger charge is 2.29. The SMILES string of the molecule is CSc1ccc2[nH]c(C)c(C3=CN4CCC3CC4)c2c1. The maximum atomic E-state index is 3.57. The summed E-state index contributed by atoms with van der Waals surface area (Å²) in [6.07, 6.45) is 7.20. The monoisotopic (exact) mass is 284 g/mol. The van der Waals surface area contributed by atoms with Crippen LogP contribution in [0.5, 0.6) is 0 Å². The maximum Gasteiger partial charge on any atom is 0.0463 e. The van der Waals surface area contributed by atoms with Gasteiger partial charge in [0.15, 0.2) is 0 Å². The van der Waals surface area contributed by atoms with Crippen molar-refractivity contribution >= 4 is 28.2 Å². The number of benzene rings is 1. The number of aryl methyl sites for hydroxylation is 1. The van der Waals surface area contributed by atoms with Crippen molar-refractivity contribution in [3.8, 4) is 0 Å². The molecule has 0 spiro atoms. The summed E-state index contributed by atoms with van der Waals surface area (Å²) in [6, 6.07) is 6.77. The standard InChI is InChI=1S/C17H20N2S/c1-11-17(15-10-19-7-5-12(15)6-8-19)14-9-13(20-2)3-4-16(14)18-11/h3-4,9-10,12,18H,5-8H2,1-2H3. The van der Waals surface area contributed by atoms with E-state index in [1.54, 1.807) is 5.57 Å². The lowest BCUT2D eigenvalue weighted by Crippen LogP contribution is -2.35. The molecule has 5 rings (SSSR count). The smallest absolute Gasteiger partial charge is 0.0463 e. The van der Waals surface area contributed by atoms with Gasteiger partial charge in [0.05, 0.1) is 0 Å². The Morgan fingerprint density at radius 3 is 2.70 bits per heavy atom. The summed E-state index contributed by atoms with van der Waals surface area (Å²) in [5, 5.41) is 1.40. The van der Waals surface area contributed by atoms with E-state index in [2.05, 4.69) is 47.5 Å². The van der Waals surface area contributed by atoms with Crippen molar-refractivity contribution in [1.29, 1.82) is 0 Å². The number of rotatable bonds is 2. The molecule has 3 heteroatoms. The number of hydrogen-bond acceptors (Lipinski definition) is 2. The van der Waals surface area contributed by atoms with Crippen molar-refractivity contribution in [2.75, 3.05) is 19.3 Å². The summed E-state index contributed by atoms with van der Waals surface area (Å²) >= 11 is 1.82.